The van der Waals surface area contributed by atoms with Gasteiger partial charge >= 0.3 is 5.97 Å². The highest BCUT2D eigenvalue weighted by atomic mass is 32.1. The van der Waals surface area contributed by atoms with Crippen LogP contribution in [0.5, 0.6) is 0 Å². The number of fused-ring (bicyclic) bond motifs is 1. The monoisotopic (exact) mass is 407 g/mol. The number of aromatic carboxylic acids is 1. The number of aromatic nitrogens is 1. The van der Waals surface area contributed by atoms with E-state index in [0.717, 1.165) is 31.1 Å². The number of azo groups is 1. The fourth-order valence-corrected chi connectivity index (χ4v) is 4.82. The molecule has 0 saturated heterocycles. The van der Waals surface area contributed by atoms with Gasteiger partial charge in [-0.2, -0.15) is 5.11 Å². The van der Waals surface area contributed by atoms with E-state index in [1.54, 1.807) is 23.5 Å². The average molecular weight is 408 g/mol. The Hall–Kier alpha value is -2.90. The van der Waals surface area contributed by atoms with Gasteiger partial charge in [-0.25, -0.2) is 9.78 Å². The van der Waals surface area contributed by atoms with Crippen molar-refractivity contribution in [3.63, 3.8) is 0 Å². The molecule has 0 saturated carbocycles. The lowest BCUT2D eigenvalue weighted by Crippen LogP contribution is -2.00. The van der Waals surface area contributed by atoms with Gasteiger partial charge in [-0.3, -0.25) is 0 Å². The summed E-state index contributed by atoms with van der Waals surface area (Å²) in [4.78, 5) is 17.9. The van der Waals surface area contributed by atoms with E-state index in [4.69, 9.17) is 0 Å². The number of thiophene rings is 1. The number of hydrogen-bond donors (Lipinski definition) is 1. The van der Waals surface area contributed by atoms with E-state index < -0.39 is 5.97 Å². The van der Waals surface area contributed by atoms with Gasteiger partial charge in [-0.15, -0.1) is 16.5 Å². The SMILES string of the molecule is Cc1c(C(=O)O)cccc1-c1ccc(C(C)N=Nc2nc3ccccc3s2)s1. The predicted octanol–water partition coefficient (Wildman–Crippen LogP) is 6.88. The van der Waals surface area contributed by atoms with Crippen LogP contribution in [0, 0.1) is 6.92 Å². The second kappa shape index (κ2) is 7.61. The molecule has 0 amide bonds. The number of rotatable bonds is 5. The highest BCUT2D eigenvalue weighted by Gasteiger charge is 2.14. The molecule has 1 N–H and O–H groups in total. The Morgan fingerprint density at radius 3 is 2.68 bits per heavy atom. The largest absolute Gasteiger partial charge is 0.478 e. The summed E-state index contributed by atoms with van der Waals surface area (Å²) in [5.74, 6) is -0.908. The van der Waals surface area contributed by atoms with Crippen molar-refractivity contribution in [2.45, 2.75) is 19.9 Å². The molecular formula is C21H17N3O2S2. The average Bonchev–Trinajstić information content (AvgIpc) is 3.33. The van der Waals surface area contributed by atoms with Crippen LogP contribution < -0.4 is 0 Å². The number of nitrogens with zero attached hydrogens (tertiary/aromatic N) is 3. The van der Waals surface area contributed by atoms with Crippen molar-refractivity contribution in [3.8, 4) is 10.4 Å². The summed E-state index contributed by atoms with van der Waals surface area (Å²) in [5.41, 5.74) is 2.97. The van der Waals surface area contributed by atoms with Crippen molar-refractivity contribution in [2.75, 3.05) is 0 Å². The third-order valence-electron chi connectivity index (χ3n) is 4.47. The Bertz CT molecular complexity index is 1160. The first-order valence-electron chi connectivity index (χ1n) is 8.72. The van der Waals surface area contributed by atoms with Crippen molar-refractivity contribution in [1.82, 2.24) is 4.98 Å². The summed E-state index contributed by atoms with van der Waals surface area (Å²) in [7, 11) is 0. The minimum atomic E-state index is -0.908. The smallest absolute Gasteiger partial charge is 0.335 e. The maximum absolute atomic E-state index is 11.4. The molecule has 2 aromatic carbocycles. The molecule has 0 bridgehead atoms. The molecule has 1 atom stereocenters. The molecule has 4 aromatic rings. The second-order valence-electron chi connectivity index (χ2n) is 6.34. The number of thiazole rings is 1. The van der Waals surface area contributed by atoms with Crippen molar-refractivity contribution >= 4 is 44.0 Å². The zero-order chi connectivity index (χ0) is 19.7. The van der Waals surface area contributed by atoms with E-state index in [2.05, 4.69) is 15.2 Å². The van der Waals surface area contributed by atoms with Gasteiger partial charge in [0.2, 0.25) is 5.13 Å². The van der Waals surface area contributed by atoms with Crippen molar-refractivity contribution in [1.29, 1.82) is 0 Å². The summed E-state index contributed by atoms with van der Waals surface area (Å²) in [5, 5.41) is 18.7. The zero-order valence-electron chi connectivity index (χ0n) is 15.3. The van der Waals surface area contributed by atoms with Crippen LogP contribution >= 0.6 is 22.7 Å². The number of para-hydroxylation sites is 1. The first kappa shape index (κ1) is 18.5. The van der Waals surface area contributed by atoms with Crippen molar-refractivity contribution in [3.05, 3.63) is 70.6 Å². The van der Waals surface area contributed by atoms with Crippen LogP contribution in [0.3, 0.4) is 0 Å². The maximum Gasteiger partial charge on any atom is 0.335 e. The highest BCUT2D eigenvalue weighted by molar-refractivity contribution is 7.21. The number of benzene rings is 2. The van der Waals surface area contributed by atoms with Crippen molar-refractivity contribution < 1.29 is 9.90 Å². The molecule has 0 aliphatic rings. The van der Waals surface area contributed by atoms with Gasteiger partial charge in [0.25, 0.3) is 0 Å². The molecule has 0 spiro atoms. The number of carbonyl (C=O) groups is 1. The minimum Gasteiger partial charge on any atom is -0.478 e. The molecule has 0 radical (unpaired) electrons. The molecular weight excluding hydrogens is 390 g/mol. The third kappa shape index (κ3) is 3.58. The molecule has 140 valence electrons. The van der Waals surface area contributed by atoms with Gasteiger partial charge in [0.15, 0.2) is 0 Å². The van der Waals surface area contributed by atoms with E-state index in [1.807, 2.05) is 56.3 Å². The summed E-state index contributed by atoms with van der Waals surface area (Å²) < 4.78 is 1.09. The minimum absolute atomic E-state index is 0.103. The van der Waals surface area contributed by atoms with Gasteiger partial charge in [-0.05, 0) is 55.3 Å². The van der Waals surface area contributed by atoms with Crippen LogP contribution in [0.25, 0.3) is 20.7 Å². The lowest BCUT2D eigenvalue weighted by Gasteiger charge is -2.06. The number of hydrogen-bond acceptors (Lipinski definition) is 6. The van der Waals surface area contributed by atoms with E-state index in [9.17, 15) is 9.90 Å². The van der Waals surface area contributed by atoms with Gasteiger partial charge in [0.1, 0.15) is 6.04 Å². The number of carboxylic acids is 1. The summed E-state index contributed by atoms with van der Waals surface area (Å²) in [6, 6.07) is 17.2. The maximum atomic E-state index is 11.4. The summed E-state index contributed by atoms with van der Waals surface area (Å²) >= 11 is 3.12. The Morgan fingerprint density at radius 1 is 1.07 bits per heavy atom. The Balaban J connectivity index is 1.57. The lowest BCUT2D eigenvalue weighted by molar-refractivity contribution is 0.0696. The molecule has 28 heavy (non-hydrogen) atoms. The molecule has 4 rings (SSSR count). The van der Waals surface area contributed by atoms with Crippen molar-refractivity contribution in [2.24, 2.45) is 10.2 Å². The second-order valence-corrected chi connectivity index (χ2v) is 8.47. The van der Waals surface area contributed by atoms with Gasteiger partial charge < -0.3 is 5.11 Å². The van der Waals surface area contributed by atoms with Gasteiger partial charge in [-0.1, -0.05) is 35.6 Å². The lowest BCUT2D eigenvalue weighted by atomic mass is 10.0. The normalized spacial score (nSPS) is 12.6. The van der Waals surface area contributed by atoms with Crippen LogP contribution in [-0.2, 0) is 0 Å². The van der Waals surface area contributed by atoms with E-state index in [-0.39, 0.29) is 6.04 Å². The fraction of sp³-hybridized carbons (Fsp3) is 0.143. The standard InChI is InChI=1S/C21H17N3O2S2/c1-12-14(6-5-7-15(12)20(25)26)18-11-10-17(27-18)13(2)23-24-21-22-16-8-3-4-9-19(16)28-21/h3-11,13H,1-2H3,(H,25,26). The summed E-state index contributed by atoms with van der Waals surface area (Å²) in [6.07, 6.45) is 0. The van der Waals surface area contributed by atoms with Crippen LogP contribution in [0.15, 0.2) is 64.8 Å². The van der Waals surface area contributed by atoms with E-state index >= 15 is 0 Å². The first-order chi connectivity index (χ1) is 13.5. The third-order valence-corrected chi connectivity index (χ3v) is 6.68. The molecule has 0 aliphatic carbocycles. The van der Waals surface area contributed by atoms with Crippen LogP contribution in [0.1, 0.15) is 33.8 Å². The Morgan fingerprint density at radius 2 is 1.89 bits per heavy atom. The first-order valence-corrected chi connectivity index (χ1v) is 10.4. The molecule has 2 heterocycles. The van der Waals surface area contributed by atoms with Gasteiger partial charge in [0, 0.05) is 9.75 Å². The quantitative estimate of drug-likeness (QED) is 0.367. The Labute approximate surface area is 170 Å². The highest BCUT2D eigenvalue weighted by Crippen LogP contribution is 2.36. The summed E-state index contributed by atoms with van der Waals surface area (Å²) in [6.45, 7) is 3.83. The molecule has 2 aromatic heterocycles. The van der Waals surface area contributed by atoms with Crippen LogP contribution in [0.2, 0.25) is 0 Å². The van der Waals surface area contributed by atoms with Gasteiger partial charge in [0.05, 0.1) is 15.8 Å². The molecule has 0 aliphatic heterocycles. The fourth-order valence-electron chi connectivity index (χ4n) is 2.95. The van der Waals surface area contributed by atoms with Crippen LogP contribution in [-0.4, -0.2) is 16.1 Å². The molecule has 5 nitrogen and oxygen atoms in total. The number of carboxylic acid groups (broad SMARTS) is 1. The predicted molar refractivity (Wildman–Crippen MR) is 114 cm³/mol. The zero-order valence-corrected chi connectivity index (χ0v) is 16.9. The molecule has 1 unspecified atom stereocenters. The Kier molecular flexibility index (Phi) is 5.02. The molecule has 7 heteroatoms. The van der Waals surface area contributed by atoms with E-state index in [0.29, 0.717) is 10.7 Å². The van der Waals surface area contributed by atoms with Crippen LogP contribution in [0.4, 0.5) is 5.13 Å². The van der Waals surface area contributed by atoms with E-state index in [1.165, 1.54) is 11.3 Å². The topological polar surface area (TPSA) is 74.9 Å². The molecule has 0 fully saturated rings.